The number of anilines is 1. The summed E-state index contributed by atoms with van der Waals surface area (Å²) in [4.78, 5) is 0.993. The normalized spacial score (nSPS) is 13.7. The van der Waals surface area contributed by atoms with Gasteiger partial charge in [0.15, 0.2) is 0 Å². The number of nitrogens with two attached hydrogens (primary N) is 1. The van der Waals surface area contributed by atoms with Gasteiger partial charge in [-0.05, 0) is 31.0 Å². The summed E-state index contributed by atoms with van der Waals surface area (Å²) in [6.45, 7) is 5.87. The van der Waals surface area contributed by atoms with E-state index in [1.165, 1.54) is 11.8 Å². The first-order valence-electron chi connectivity index (χ1n) is 6.28. The van der Waals surface area contributed by atoms with Crippen LogP contribution >= 0.6 is 11.8 Å². The van der Waals surface area contributed by atoms with Gasteiger partial charge in [-0.25, -0.2) is 13.1 Å². The van der Waals surface area contributed by atoms with Gasteiger partial charge in [0.1, 0.15) is 0 Å². The Hall–Kier alpha value is -0.720. The smallest absolute Gasteiger partial charge is 0.212 e. The van der Waals surface area contributed by atoms with E-state index in [-0.39, 0.29) is 17.7 Å². The van der Waals surface area contributed by atoms with Crippen molar-refractivity contribution in [1.29, 1.82) is 0 Å². The van der Waals surface area contributed by atoms with Crippen molar-refractivity contribution in [3.8, 4) is 0 Å². The van der Waals surface area contributed by atoms with Gasteiger partial charge in [0.05, 0.1) is 5.75 Å². The van der Waals surface area contributed by atoms with E-state index in [2.05, 4.69) is 4.72 Å². The number of rotatable bonds is 7. The van der Waals surface area contributed by atoms with Crippen molar-refractivity contribution in [1.82, 2.24) is 4.72 Å². The van der Waals surface area contributed by atoms with Crippen LogP contribution in [0.4, 0.5) is 5.69 Å². The molecule has 0 saturated heterocycles. The lowest BCUT2D eigenvalue weighted by atomic mass is 10.1. The Labute approximate surface area is 120 Å². The third-order valence-corrected chi connectivity index (χ3v) is 5.57. The lowest BCUT2D eigenvalue weighted by Gasteiger charge is -2.17. The number of thioether (sulfide) groups is 1. The Bertz CT molecular complexity index is 501. The first kappa shape index (κ1) is 16.3. The van der Waals surface area contributed by atoms with E-state index in [1.807, 2.05) is 45.0 Å². The van der Waals surface area contributed by atoms with Crippen LogP contribution in [-0.2, 0) is 10.0 Å². The maximum atomic E-state index is 11.9. The van der Waals surface area contributed by atoms with Gasteiger partial charge in [0.25, 0.3) is 0 Å². The summed E-state index contributed by atoms with van der Waals surface area (Å²) in [6.07, 6.45) is 0. The number of benzene rings is 1. The van der Waals surface area contributed by atoms with Crippen LogP contribution in [0.5, 0.6) is 0 Å². The minimum Gasteiger partial charge on any atom is -0.399 e. The van der Waals surface area contributed by atoms with E-state index in [9.17, 15) is 8.42 Å². The van der Waals surface area contributed by atoms with E-state index in [1.54, 1.807) is 0 Å². The lowest BCUT2D eigenvalue weighted by molar-refractivity contribution is 0.477. The molecule has 0 aliphatic heterocycles. The molecule has 0 saturated carbocycles. The van der Waals surface area contributed by atoms with Gasteiger partial charge in [0, 0.05) is 22.4 Å². The largest absolute Gasteiger partial charge is 0.399 e. The van der Waals surface area contributed by atoms with Crippen molar-refractivity contribution < 1.29 is 8.42 Å². The van der Waals surface area contributed by atoms with Gasteiger partial charge in [-0.2, -0.15) is 0 Å². The van der Waals surface area contributed by atoms with Crippen LogP contribution in [0.2, 0.25) is 0 Å². The van der Waals surface area contributed by atoms with E-state index < -0.39 is 10.0 Å². The first-order chi connectivity index (χ1) is 8.80. The molecule has 0 spiro atoms. The first-order valence-corrected chi connectivity index (χ1v) is 8.92. The number of hydrogen-bond donors (Lipinski definition) is 2. The Balaban J connectivity index is 2.44. The number of nitrogen functional groups attached to an aromatic ring is 1. The molecule has 0 aliphatic rings. The summed E-state index contributed by atoms with van der Waals surface area (Å²) < 4.78 is 26.4. The van der Waals surface area contributed by atoms with Gasteiger partial charge >= 0.3 is 0 Å². The average molecular weight is 302 g/mol. The highest BCUT2D eigenvalue weighted by Gasteiger charge is 2.16. The zero-order chi connectivity index (χ0) is 14.5. The van der Waals surface area contributed by atoms with Gasteiger partial charge in [-0.3, -0.25) is 0 Å². The van der Waals surface area contributed by atoms with Crippen molar-refractivity contribution in [2.75, 3.05) is 17.2 Å². The molecular weight excluding hydrogens is 280 g/mol. The fourth-order valence-electron chi connectivity index (χ4n) is 1.35. The third-order valence-electron chi connectivity index (χ3n) is 2.84. The Morgan fingerprint density at radius 1 is 1.32 bits per heavy atom. The Morgan fingerprint density at radius 2 is 2.00 bits per heavy atom. The highest BCUT2D eigenvalue weighted by Crippen LogP contribution is 2.20. The fourth-order valence-corrected chi connectivity index (χ4v) is 4.15. The zero-order valence-corrected chi connectivity index (χ0v) is 13.2. The summed E-state index contributed by atoms with van der Waals surface area (Å²) in [5, 5.41) is 0. The van der Waals surface area contributed by atoms with Crippen molar-refractivity contribution in [2.24, 2.45) is 5.92 Å². The molecule has 0 fully saturated rings. The molecule has 108 valence electrons. The van der Waals surface area contributed by atoms with Gasteiger partial charge in [-0.1, -0.05) is 19.9 Å². The standard InChI is InChI=1S/C13H22N2O2S2/c1-10(2)11(3)15-19(16,17)8-7-18-13-6-4-5-12(14)9-13/h4-6,9-11,15H,7-8,14H2,1-3H3. The number of nitrogens with one attached hydrogen (secondary N) is 1. The predicted molar refractivity (Wildman–Crippen MR) is 82.8 cm³/mol. The van der Waals surface area contributed by atoms with Crippen LogP contribution in [0.15, 0.2) is 29.2 Å². The predicted octanol–water partition coefficient (Wildman–Crippen LogP) is 2.32. The summed E-state index contributed by atoms with van der Waals surface area (Å²) in [5.41, 5.74) is 6.37. The van der Waals surface area contributed by atoms with Crippen LogP contribution in [-0.4, -0.2) is 26.0 Å². The highest BCUT2D eigenvalue weighted by molar-refractivity contribution is 8.00. The van der Waals surface area contributed by atoms with Crippen LogP contribution in [0.1, 0.15) is 20.8 Å². The van der Waals surface area contributed by atoms with Crippen molar-refractivity contribution >= 4 is 27.5 Å². The zero-order valence-electron chi connectivity index (χ0n) is 11.6. The molecule has 0 bridgehead atoms. The minimum atomic E-state index is -3.21. The molecule has 1 atom stereocenters. The van der Waals surface area contributed by atoms with Crippen molar-refractivity contribution in [3.05, 3.63) is 24.3 Å². The molecule has 0 aliphatic carbocycles. The molecule has 4 nitrogen and oxygen atoms in total. The summed E-state index contributed by atoms with van der Waals surface area (Å²) in [7, 11) is -3.21. The maximum Gasteiger partial charge on any atom is 0.212 e. The minimum absolute atomic E-state index is 0.0395. The lowest BCUT2D eigenvalue weighted by Crippen LogP contribution is -2.38. The molecule has 0 radical (unpaired) electrons. The average Bonchev–Trinajstić information content (AvgIpc) is 2.27. The maximum absolute atomic E-state index is 11.9. The monoisotopic (exact) mass is 302 g/mol. The summed E-state index contributed by atoms with van der Waals surface area (Å²) >= 11 is 1.50. The van der Waals surface area contributed by atoms with Gasteiger partial charge in [-0.15, -0.1) is 11.8 Å². The molecule has 0 amide bonds. The summed E-state index contributed by atoms with van der Waals surface area (Å²) in [6, 6.07) is 7.42. The topological polar surface area (TPSA) is 72.2 Å². The highest BCUT2D eigenvalue weighted by atomic mass is 32.2. The Kier molecular flexibility index (Phi) is 6.16. The van der Waals surface area contributed by atoms with Gasteiger partial charge in [0.2, 0.25) is 10.0 Å². The Morgan fingerprint density at radius 3 is 2.58 bits per heavy atom. The van der Waals surface area contributed by atoms with E-state index in [4.69, 9.17) is 5.73 Å². The number of hydrogen-bond acceptors (Lipinski definition) is 4. The molecule has 6 heteroatoms. The molecule has 1 aromatic carbocycles. The summed E-state index contributed by atoms with van der Waals surface area (Å²) in [5.74, 6) is 0.920. The van der Waals surface area contributed by atoms with Crippen molar-refractivity contribution in [2.45, 2.75) is 31.7 Å². The molecular formula is C13H22N2O2S2. The van der Waals surface area contributed by atoms with Crippen molar-refractivity contribution in [3.63, 3.8) is 0 Å². The van der Waals surface area contributed by atoms with Gasteiger partial charge < -0.3 is 5.73 Å². The molecule has 1 rings (SSSR count). The third kappa shape index (κ3) is 6.31. The molecule has 0 aromatic heterocycles. The second kappa shape index (κ2) is 7.17. The van der Waals surface area contributed by atoms with Crippen LogP contribution in [0, 0.1) is 5.92 Å². The second-order valence-electron chi connectivity index (χ2n) is 4.89. The molecule has 0 heterocycles. The van der Waals surface area contributed by atoms with E-state index >= 15 is 0 Å². The van der Waals surface area contributed by atoms with Crippen LogP contribution < -0.4 is 10.5 Å². The van der Waals surface area contributed by atoms with Crippen LogP contribution in [0.3, 0.4) is 0 Å². The molecule has 3 N–H and O–H groups in total. The van der Waals surface area contributed by atoms with E-state index in [0.717, 1.165) is 4.90 Å². The quantitative estimate of drug-likeness (QED) is 0.599. The molecule has 19 heavy (non-hydrogen) atoms. The van der Waals surface area contributed by atoms with E-state index in [0.29, 0.717) is 11.4 Å². The van der Waals surface area contributed by atoms with Crippen LogP contribution in [0.25, 0.3) is 0 Å². The second-order valence-corrected chi connectivity index (χ2v) is 7.93. The molecule has 1 unspecified atom stereocenters. The number of sulfonamides is 1. The fraction of sp³-hybridized carbons (Fsp3) is 0.538. The molecule has 1 aromatic rings. The SMILES string of the molecule is CC(C)C(C)NS(=O)(=O)CCSc1cccc(N)c1.